The zero-order chi connectivity index (χ0) is 14.4. The molecular weight excluding hydrogens is 312 g/mol. The van der Waals surface area contributed by atoms with E-state index in [0.29, 0.717) is 5.56 Å². The number of likely N-dealkylation sites (tertiary alicyclic amines) is 1. The van der Waals surface area contributed by atoms with Crippen LogP contribution in [0.1, 0.15) is 28.8 Å². The molecule has 0 unspecified atom stereocenters. The number of benzene rings is 1. The van der Waals surface area contributed by atoms with Crippen molar-refractivity contribution in [1.29, 1.82) is 0 Å². The zero-order valence-electron chi connectivity index (χ0n) is 10.7. The summed E-state index contributed by atoms with van der Waals surface area (Å²) in [4.78, 5) is 22.5. The van der Waals surface area contributed by atoms with Gasteiger partial charge in [0.1, 0.15) is 0 Å². The van der Waals surface area contributed by atoms with Crippen molar-refractivity contribution in [3.05, 3.63) is 33.8 Å². The van der Waals surface area contributed by atoms with E-state index in [2.05, 4.69) is 15.9 Å². The summed E-state index contributed by atoms with van der Waals surface area (Å²) in [5.41, 5.74) is 6.11. The monoisotopic (exact) mass is 328 g/mol. The average molecular weight is 329 g/mol. The summed E-state index contributed by atoms with van der Waals surface area (Å²) in [5, 5.41) is 8.64. The number of halogens is 1. The number of carbonyl (C=O) groups excluding carboxylic acids is 1. The van der Waals surface area contributed by atoms with Crippen molar-refractivity contribution in [2.45, 2.75) is 19.8 Å². The fourth-order valence-corrected chi connectivity index (χ4v) is 2.28. The highest BCUT2D eigenvalue weighted by Crippen LogP contribution is 2.15. The number of amides is 2. The number of rotatable bonds is 1. The first-order valence-electron chi connectivity index (χ1n) is 5.95. The molecule has 19 heavy (non-hydrogen) atoms. The standard InChI is InChI=1S/C8H7BrO2.C5H10N2O/c1-5-4-6(9)2-3-7(5)8(10)11;6-5(8)7-3-1-2-4-7/h2-4H,1H3,(H,10,11);1-4H2,(H2,6,8). The summed E-state index contributed by atoms with van der Waals surface area (Å²) in [7, 11) is 0. The summed E-state index contributed by atoms with van der Waals surface area (Å²) < 4.78 is 0.903. The van der Waals surface area contributed by atoms with E-state index in [4.69, 9.17) is 10.8 Å². The number of aromatic carboxylic acids is 1. The van der Waals surface area contributed by atoms with Crippen LogP contribution in [-0.4, -0.2) is 35.1 Å². The number of hydrogen-bond acceptors (Lipinski definition) is 2. The second-order valence-electron chi connectivity index (χ2n) is 4.30. The van der Waals surface area contributed by atoms with Gasteiger partial charge in [-0.2, -0.15) is 0 Å². The Hall–Kier alpha value is -1.56. The minimum atomic E-state index is -0.880. The lowest BCUT2D eigenvalue weighted by atomic mass is 10.1. The van der Waals surface area contributed by atoms with Gasteiger partial charge in [-0.3, -0.25) is 0 Å². The Morgan fingerprint density at radius 1 is 1.32 bits per heavy atom. The van der Waals surface area contributed by atoms with Crippen LogP contribution in [0.15, 0.2) is 22.7 Å². The molecule has 1 saturated heterocycles. The number of carboxylic acid groups (broad SMARTS) is 1. The third kappa shape index (κ3) is 4.90. The minimum Gasteiger partial charge on any atom is -0.478 e. The Morgan fingerprint density at radius 3 is 2.26 bits per heavy atom. The predicted molar refractivity (Wildman–Crippen MR) is 76.2 cm³/mol. The number of nitrogens with two attached hydrogens (primary N) is 1. The first-order chi connectivity index (χ1) is 8.91. The maximum atomic E-state index is 10.5. The van der Waals surface area contributed by atoms with Gasteiger partial charge in [-0.1, -0.05) is 15.9 Å². The van der Waals surface area contributed by atoms with E-state index in [-0.39, 0.29) is 6.03 Å². The van der Waals surface area contributed by atoms with Crippen LogP contribution in [0.3, 0.4) is 0 Å². The number of nitrogens with zero attached hydrogens (tertiary/aromatic N) is 1. The van der Waals surface area contributed by atoms with Crippen molar-refractivity contribution in [3.8, 4) is 0 Å². The van der Waals surface area contributed by atoms with E-state index in [1.165, 1.54) is 0 Å². The van der Waals surface area contributed by atoms with E-state index in [9.17, 15) is 9.59 Å². The van der Waals surface area contributed by atoms with Gasteiger partial charge >= 0.3 is 12.0 Å². The second-order valence-corrected chi connectivity index (χ2v) is 5.21. The lowest BCUT2D eigenvalue weighted by Crippen LogP contribution is -2.32. The first kappa shape index (κ1) is 15.5. The van der Waals surface area contributed by atoms with Gasteiger partial charge in [0.15, 0.2) is 0 Å². The molecule has 0 bridgehead atoms. The number of carbonyl (C=O) groups is 2. The van der Waals surface area contributed by atoms with Crippen LogP contribution in [0.2, 0.25) is 0 Å². The van der Waals surface area contributed by atoms with Gasteiger partial charge in [0.05, 0.1) is 5.56 Å². The molecule has 0 aliphatic carbocycles. The van der Waals surface area contributed by atoms with E-state index in [1.54, 1.807) is 30.0 Å². The molecule has 1 aromatic rings. The molecule has 1 aromatic carbocycles. The molecule has 0 aromatic heterocycles. The van der Waals surface area contributed by atoms with Crippen LogP contribution >= 0.6 is 15.9 Å². The number of aryl methyl sites for hydroxylation is 1. The molecule has 2 amide bonds. The van der Waals surface area contributed by atoms with Crippen molar-refractivity contribution in [1.82, 2.24) is 4.90 Å². The molecule has 1 heterocycles. The van der Waals surface area contributed by atoms with E-state index < -0.39 is 5.97 Å². The molecule has 0 atom stereocenters. The molecule has 6 heteroatoms. The lowest BCUT2D eigenvalue weighted by Gasteiger charge is -2.09. The van der Waals surface area contributed by atoms with Crippen LogP contribution in [0.4, 0.5) is 4.79 Å². The molecule has 104 valence electrons. The second kappa shape index (κ2) is 7.13. The maximum absolute atomic E-state index is 10.5. The fourth-order valence-electron chi connectivity index (χ4n) is 1.80. The van der Waals surface area contributed by atoms with Crippen molar-refractivity contribution >= 4 is 27.9 Å². The third-order valence-corrected chi connectivity index (χ3v) is 3.33. The molecule has 0 spiro atoms. The number of urea groups is 1. The molecule has 5 nitrogen and oxygen atoms in total. The molecule has 3 N–H and O–H groups in total. The van der Waals surface area contributed by atoms with E-state index in [0.717, 1.165) is 36.0 Å². The van der Waals surface area contributed by atoms with Crippen LogP contribution in [-0.2, 0) is 0 Å². The maximum Gasteiger partial charge on any atom is 0.335 e. The third-order valence-electron chi connectivity index (χ3n) is 2.84. The zero-order valence-corrected chi connectivity index (χ0v) is 12.3. The van der Waals surface area contributed by atoms with Crippen LogP contribution < -0.4 is 5.73 Å². The summed E-state index contributed by atoms with van der Waals surface area (Å²) in [6.07, 6.45) is 2.23. The molecule has 1 fully saturated rings. The Kier molecular flexibility index (Phi) is 5.82. The van der Waals surface area contributed by atoms with Gasteiger partial charge in [-0.25, -0.2) is 9.59 Å². The number of primary amides is 1. The molecule has 0 radical (unpaired) electrons. The number of hydrogen-bond donors (Lipinski definition) is 2. The van der Waals surface area contributed by atoms with Crippen molar-refractivity contribution in [2.75, 3.05) is 13.1 Å². The highest BCUT2D eigenvalue weighted by Gasteiger charge is 2.13. The quantitative estimate of drug-likeness (QED) is 0.831. The van der Waals surface area contributed by atoms with Crippen molar-refractivity contribution in [3.63, 3.8) is 0 Å². The normalized spacial score (nSPS) is 13.7. The highest BCUT2D eigenvalue weighted by atomic mass is 79.9. The van der Waals surface area contributed by atoms with Gasteiger partial charge in [-0.15, -0.1) is 0 Å². The highest BCUT2D eigenvalue weighted by molar-refractivity contribution is 9.10. The average Bonchev–Trinajstić information content (AvgIpc) is 2.82. The predicted octanol–water partition coefficient (Wildman–Crippen LogP) is 2.62. The van der Waals surface area contributed by atoms with Crippen LogP contribution in [0, 0.1) is 6.92 Å². The van der Waals surface area contributed by atoms with Crippen LogP contribution in [0.25, 0.3) is 0 Å². The summed E-state index contributed by atoms with van der Waals surface area (Å²) in [6, 6.07) is 4.81. The summed E-state index contributed by atoms with van der Waals surface area (Å²) >= 11 is 3.25. The van der Waals surface area contributed by atoms with E-state index in [1.807, 2.05) is 0 Å². The smallest absolute Gasteiger partial charge is 0.335 e. The minimum absolute atomic E-state index is 0.275. The van der Waals surface area contributed by atoms with Crippen LogP contribution in [0.5, 0.6) is 0 Å². The Balaban J connectivity index is 0.000000200. The van der Waals surface area contributed by atoms with Gasteiger partial charge < -0.3 is 15.7 Å². The topological polar surface area (TPSA) is 83.6 Å². The first-order valence-corrected chi connectivity index (χ1v) is 6.75. The summed E-state index contributed by atoms with van der Waals surface area (Å²) in [6.45, 7) is 3.48. The van der Waals surface area contributed by atoms with Crippen molar-refractivity contribution in [2.24, 2.45) is 5.73 Å². The Morgan fingerprint density at radius 2 is 1.89 bits per heavy atom. The van der Waals surface area contributed by atoms with Gasteiger partial charge in [0.2, 0.25) is 0 Å². The van der Waals surface area contributed by atoms with Gasteiger partial charge in [0, 0.05) is 17.6 Å². The molecule has 0 saturated carbocycles. The molecular formula is C13H17BrN2O3. The van der Waals surface area contributed by atoms with Gasteiger partial charge in [0.25, 0.3) is 0 Å². The number of carboxylic acids is 1. The molecule has 2 rings (SSSR count). The SMILES string of the molecule is Cc1cc(Br)ccc1C(=O)O.NC(=O)N1CCCC1. The van der Waals surface area contributed by atoms with Gasteiger partial charge in [-0.05, 0) is 43.5 Å². The van der Waals surface area contributed by atoms with E-state index >= 15 is 0 Å². The summed E-state index contributed by atoms with van der Waals surface area (Å²) in [5.74, 6) is -0.880. The van der Waals surface area contributed by atoms with Crippen molar-refractivity contribution < 1.29 is 14.7 Å². The lowest BCUT2D eigenvalue weighted by molar-refractivity contribution is 0.0696. The fraction of sp³-hybridized carbons (Fsp3) is 0.385. The molecule has 1 aliphatic heterocycles. The largest absolute Gasteiger partial charge is 0.478 e. The Labute approximate surface area is 120 Å². The Bertz CT molecular complexity index is 471. The molecule has 1 aliphatic rings.